The maximum Gasteiger partial charge on any atom is 0.144 e. The van der Waals surface area contributed by atoms with E-state index in [4.69, 9.17) is 5.73 Å². The van der Waals surface area contributed by atoms with Gasteiger partial charge in [-0.2, -0.15) is 0 Å². The first-order valence-electron chi connectivity index (χ1n) is 7.10. The molecule has 5 heteroatoms. The van der Waals surface area contributed by atoms with Crippen LogP contribution in [-0.2, 0) is 6.54 Å². The van der Waals surface area contributed by atoms with E-state index >= 15 is 0 Å². The van der Waals surface area contributed by atoms with Crippen molar-refractivity contribution in [1.29, 1.82) is 0 Å². The van der Waals surface area contributed by atoms with Crippen LogP contribution in [0.25, 0.3) is 0 Å². The van der Waals surface area contributed by atoms with E-state index in [1.807, 2.05) is 6.07 Å². The molecule has 1 aliphatic rings. The van der Waals surface area contributed by atoms with E-state index < -0.39 is 0 Å². The number of rotatable bonds is 5. The van der Waals surface area contributed by atoms with E-state index in [0.29, 0.717) is 12.4 Å². The number of nitrogens with two attached hydrogens (primary N) is 1. The Bertz CT molecular complexity index is 395. The molecule has 0 saturated carbocycles. The van der Waals surface area contributed by atoms with Crippen LogP contribution < -0.4 is 10.6 Å². The Kier molecular flexibility index (Phi) is 5.10. The molecule has 1 unspecified atom stereocenters. The molecule has 1 fully saturated rings. The van der Waals surface area contributed by atoms with Crippen molar-refractivity contribution in [1.82, 2.24) is 14.9 Å². The average Bonchev–Trinajstić information content (AvgIpc) is 2.45. The third-order valence-corrected chi connectivity index (χ3v) is 3.86. The molecule has 19 heavy (non-hydrogen) atoms. The van der Waals surface area contributed by atoms with Crippen LogP contribution in [0.2, 0.25) is 0 Å². The zero-order valence-electron chi connectivity index (χ0n) is 12.0. The predicted octanol–water partition coefficient (Wildman–Crippen LogP) is 1.10. The highest BCUT2D eigenvalue weighted by Gasteiger charge is 2.17. The van der Waals surface area contributed by atoms with Gasteiger partial charge in [-0.05, 0) is 44.8 Å². The summed E-state index contributed by atoms with van der Waals surface area (Å²) in [4.78, 5) is 13.2. The monoisotopic (exact) mass is 263 g/mol. The second kappa shape index (κ2) is 6.82. The molecule has 0 bridgehead atoms. The summed E-state index contributed by atoms with van der Waals surface area (Å²) in [5.41, 5.74) is 5.58. The third kappa shape index (κ3) is 4.14. The van der Waals surface area contributed by atoms with Gasteiger partial charge in [-0.15, -0.1) is 0 Å². The van der Waals surface area contributed by atoms with E-state index in [1.165, 1.54) is 32.4 Å². The summed E-state index contributed by atoms with van der Waals surface area (Å²) < 4.78 is 0. The van der Waals surface area contributed by atoms with Gasteiger partial charge in [-0.25, -0.2) is 9.97 Å². The molecule has 1 aromatic heterocycles. The van der Waals surface area contributed by atoms with E-state index in [0.717, 1.165) is 18.3 Å². The van der Waals surface area contributed by atoms with Gasteiger partial charge in [0.25, 0.3) is 0 Å². The molecule has 1 aliphatic heterocycles. The fourth-order valence-electron chi connectivity index (χ4n) is 2.70. The van der Waals surface area contributed by atoms with Gasteiger partial charge in [-0.3, -0.25) is 0 Å². The summed E-state index contributed by atoms with van der Waals surface area (Å²) in [5.74, 6) is 2.50. The number of hydrogen-bond donors (Lipinski definition) is 1. The van der Waals surface area contributed by atoms with Crippen LogP contribution in [-0.4, -0.2) is 48.6 Å². The first-order valence-corrected chi connectivity index (χ1v) is 7.10. The van der Waals surface area contributed by atoms with Crippen LogP contribution in [0.5, 0.6) is 0 Å². The van der Waals surface area contributed by atoms with Gasteiger partial charge < -0.3 is 15.5 Å². The van der Waals surface area contributed by atoms with Crippen LogP contribution in [0.15, 0.2) is 12.3 Å². The minimum Gasteiger partial charge on any atom is -0.360 e. The van der Waals surface area contributed by atoms with Crippen LogP contribution in [0.3, 0.4) is 0 Å². The molecule has 1 saturated heterocycles. The average molecular weight is 263 g/mol. The second-order valence-corrected chi connectivity index (χ2v) is 5.52. The van der Waals surface area contributed by atoms with Crippen molar-refractivity contribution in [3.05, 3.63) is 18.1 Å². The van der Waals surface area contributed by atoms with Gasteiger partial charge in [0.15, 0.2) is 0 Å². The molecule has 5 nitrogen and oxygen atoms in total. The normalized spacial score (nSPS) is 20.5. The van der Waals surface area contributed by atoms with Crippen molar-refractivity contribution in [2.45, 2.75) is 25.8 Å². The summed E-state index contributed by atoms with van der Waals surface area (Å²) in [6.45, 7) is 3.92. The predicted molar refractivity (Wildman–Crippen MR) is 78.0 cm³/mol. The molecule has 0 radical (unpaired) electrons. The van der Waals surface area contributed by atoms with Gasteiger partial charge in [0.1, 0.15) is 11.6 Å². The van der Waals surface area contributed by atoms with Gasteiger partial charge >= 0.3 is 0 Å². The largest absolute Gasteiger partial charge is 0.360 e. The molecule has 1 aromatic rings. The molecule has 106 valence electrons. The van der Waals surface area contributed by atoms with Gasteiger partial charge in [-0.1, -0.05) is 0 Å². The lowest BCUT2D eigenvalue weighted by molar-refractivity contribution is 0.203. The lowest BCUT2D eigenvalue weighted by atomic mass is 9.95. The summed E-state index contributed by atoms with van der Waals surface area (Å²) in [5, 5.41) is 0. The van der Waals surface area contributed by atoms with Crippen molar-refractivity contribution in [3.63, 3.8) is 0 Å². The maximum atomic E-state index is 5.58. The van der Waals surface area contributed by atoms with Gasteiger partial charge in [0.05, 0.1) is 6.54 Å². The zero-order chi connectivity index (χ0) is 13.7. The summed E-state index contributed by atoms with van der Waals surface area (Å²) in [6, 6.07) is 1.95. The Hall–Kier alpha value is -1.20. The van der Waals surface area contributed by atoms with E-state index in [9.17, 15) is 0 Å². The molecule has 0 aromatic carbocycles. The number of piperidine rings is 1. The summed E-state index contributed by atoms with van der Waals surface area (Å²) in [6.07, 6.45) is 5.70. The minimum atomic E-state index is 0.398. The minimum absolute atomic E-state index is 0.398. The van der Waals surface area contributed by atoms with Crippen molar-refractivity contribution in [2.24, 2.45) is 11.7 Å². The Morgan fingerprint density at radius 1 is 1.53 bits per heavy atom. The molecule has 0 amide bonds. The Morgan fingerprint density at radius 2 is 2.37 bits per heavy atom. The Morgan fingerprint density at radius 3 is 3.11 bits per heavy atom. The van der Waals surface area contributed by atoms with Crippen LogP contribution in [0, 0.1) is 5.92 Å². The van der Waals surface area contributed by atoms with Crippen LogP contribution >= 0.6 is 0 Å². The highest BCUT2D eigenvalue weighted by molar-refractivity contribution is 5.35. The quantitative estimate of drug-likeness (QED) is 0.862. The standard InChI is InChI=1S/C14H25N5/c1-18-8-3-4-12(11-18)6-9-19(2)14-5-7-16-13(10-15)17-14/h5,7,12H,3-4,6,8-11,15H2,1-2H3. The zero-order valence-corrected chi connectivity index (χ0v) is 12.0. The number of hydrogen-bond acceptors (Lipinski definition) is 5. The van der Waals surface area contributed by atoms with E-state index in [2.05, 4.69) is 33.9 Å². The number of anilines is 1. The first-order chi connectivity index (χ1) is 9.19. The van der Waals surface area contributed by atoms with Crippen molar-refractivity contribution >= 4 is 5.82 Å². The van der Waals surface area contributed by atoms with Crippen LogP contribution in [0.4, 0.5) is 5.82 Å². The smallest absolute Gasteiger partial charge is 0.144 e. The van der Waals surface area contributed by atoms with Crippen molar-refractivity contribution in [3.8, 4) is 0 Å². The third-order valence-electron chi connectivity index (χ3n) is 3.86. The van der Waals surface area contributed by atoms with Crippen molar-refractivity contribution in [2.75, 3.05) is 38.6 Å². The molecule has 2 heterocycles. The molecular weight excluding hydrogens is 238 g/mol. The summed E-state index contributed by atoms with van der Waals surface area (Å²) >= 11 is 0. The maximum absolute atomic E-state index is 5.58. The molecule has 0 aliphatic carbocycles. The second-order valence-electron chi connectivity index (χ2n) is 5.52. The van der Waals surface area contributed by atoms with E-state index in [1.54, 1.807) is 6.20 Å². The molecule has 1 atom stereocenters. The number of aromatic nitrogens is 2. The van der Waals surface area contributed by atoms with Gasteiger partial charge in [0, 0.05) is 26.3 Å². The highest BCUT2D eigenvalue weighted by atomic mass is 15.2. The lowest BCUT2D eigenvalue weighted by Crippen LogP contribution is -2.34. The molecule has 2 rings (SSSR count). The SMILES string of the molecule is CN1CCCC(CCN(C)c2ccnc(CN)n2)C1. The van der Waals surface area contributed by atoms with Crippen LogP contribution in [0.1, 0.15) is 25.1 Å². The number of nitrogens with zero attached hydrogens (tertiary/aromatic N) is 4. The van der Waals surface area contributed by atoms with Crippen molar-refractivity contribution < 1.29 is 0 Å². The van der Waals surface area contributed by atoms with Gasteiger partial charge in [0.2, 0.25) is 0 Å². The molecule has 0 spiro atoms. The Balaban J connectivity index is 1.84. The highest BCUT2D eigenvalue weighted by Crippen LogP contribution is 2.19. The number of likely N-dealkylation sites (tertiary alicyclic amines) is 1. The topological polar surface area (TPSA) is 58.3 Å². The summed E-state index contributed by atoms with van der Waals surface area (Å²) in [7, 11) is 4.31. The lowest BCUT2D eigenvalue weighted by Gasteiger charge is -2.31. The first kappa shape index (κ1) is 14.2. The Labute approximate surface area is 115 Å². The van der Waals surface area contributed by atoms with E-state index in [-0.39, 0.29) is 0 Å². The molecular formula is C14H25N5. The fraction of sp³-hybridized carbons (Fsp3) is 0.714. The fourth-order valence-corrected chi connectivity index (χ4v) is 2.70. The molecule has 2 N–H and O–H groups in total.